The molecule has 0 bridgehead atoms. The first-order valence-electron chi connectivity index (χ1n) is 6.99. The third kappa shape index (κ3) is 1.78. The number of fused-ring (bicyclic) bond motifs is 3. The number of carboxylic acid groups (broad SMARTS) is 1. The fourth-order valence-electron chi connectivity index (χ4n) is 2.92. The Morgan fingerprint density at radius 1 is 1.00 bits per heavy atom. The minimum atomic E-state index is -0.924. The van der Waals surface area contributed by atoms with Gasteiger partial charge in [0.05, 0.1) is 16.8 Å². The van der Waals surface area contributed by atoms with Crippen molar-refractivity contribution in [3.63, 3.8) is 0 Å². The summed E-state index contributed by atoms with van der Waals surface area (Å²) >= 11 is 0. The van der Waals surface area contributed by atoms with Gasteiger partial charge in [-0.25, -0.2) is 9.78 Å². The Bertz CT molecular complexity index is 1000. The van der Waals surface area contributed by atoms with E-state index in [-0.39, 0.29) is 0 Å². The minimum absolute atomic E-state index is 0.316. The molecule has 4 heteroatoms. The number of hydrogen-bond acceptors (Lipinski definition) is 1. The molecule has 2 heterocycles. The van der Waals surface area contributed by atoms with Gasteiger partial charge in [0.25, 0.3) is 0 Å². The predicted octanol–water partition coefficient (Wildman–Crippen LogP) is 3.50. The molecule has 0 atom stereocenters. The fourth-order valence-corrected chi connectivity index (χ4v) is 2.92. The van der Waals surface area contributed by atoms with Crippen molar-refractivity contribution in [1.29, 1.82) is 0 Å². The summed E-state index contributed by atoms with van der Waals surface area (Å²) in [5.41, 5.74) is 2.67. The van der Waals surface area contributed by atoms with Gasteiger partial charge < -0.3 is 10.1 Å². The molecule has 4 rings (SSSR count). The van der Waals surface area contributed by atoms with E-state index in [0.29, 0.717) is 11.3 Å². The summed E-state index contributed by atoms with van der Waals surface area (Å²) in [4.78, 5) is 18.1. The van der Waals surface area contributed by atoms with Crippen LogP contribution in [0.15, 0.2) is 60.9 Å². The van der Waals surface area contributed by atoms with E-state index in [0.717, 1.165) is 27.2 Å². The molecule has 0 saturated heterocycles. The second-order valence-corrected chi connectivity index (χ2v) is 5.18. The van der Waals surface area contributed by atoms with Crippen molar-refractivity contribution in [1.82, 2.24) is 4.98 Å². The van der Waals surface area contributed by atoms with E-state index in [1.807, 2.05) is 60.9 Å². The average molecular weight is 289 g/mol. The van der Waals surface area contributed by atoms with Gasteiger partial charge in [-0.2, -0.15) is 0 Å². The Balaban J connectivity index is 2.15. The zero-order valence-electron chi connectivity index (χ0n) is 11.6. The third-order valence-corrected chi connectivity index (χ3v) is 3.91. The van der Waals surface area contributed by atoms with Crippen LogP contribution in [-0.4, -0.2) is 16.1 Å². The summed E-state index contributed by atoms with van der Waals surface area (Å²) in [6.07, 6.45) is 3.74. The highest BCUT2D eigenvalue weighted by Crippen LogP contribution is 2.33. The highest BCUT2D eigenvalue weighted by atomic mass is 16.4. The Kier molecular flexibility index (Phi) is 2.69. The van der Waals surface area contributed by atoms with Gasteiger partial charge in [0.2, 0.25) is 0 Å². The topological polar surface area (TPSA) is 67.2 Å². The molecule has 0 unspecified atom stereocenters. The van der Waals surface area contributed by atoms with Crippen molar-refractivity contribution < 1.29 is 14.9 Å². The number of carbonyl (C=O) groups is 1. The maximum Gasteiger partial charge on any atom is 0.338 e. The molecule has 3 N–H and O–H groups in total. The standard InChI is InChI=1S/C18H12N2O2/c21-18(22)15-14-7-6-12-10-19-9-8-13(12)17(14)20-16(15)11-4-2-1-3-5-11/h1-10,20H,(H,21,22)/p+1. The largest absolute Gasteiger partial charge is 0.478 e. The smallest absolute Gasteiger partial charge is 0.338 e. The predicted molar refractivity (Wildman–Crippen MR) is 84.8 cm³/mol. The normalized spacial score (nSPS) is 11.1. The molecule has 106 valence electrons. The van der Waals surface area contributed by atoms with Crippen LogP contribution < -0.4 is 4.98 Å². The lowest BCUT2D eigenvalue weighted by Crippen LogP contribution is -1.98. The van der Waals surface area contributed by atoms with Gasteiger partial charge in [0, 0.05) is 22.2 Å². The molecule has 0 radical (unpaired) electrons. The van der Waals surface area contributed by atoms with Crippen molar-refractivity contribution in [2.24, 2.45) is 0 Å². The first kappa shape index (κ1) is 12.6. The summed E-state index contributed by atoms with van der Waals surface area (Å²) in [6.45, 7) is 0. The van der Waals surface area contributed by atoms with Crippen molar-refractivity contribution in [2.75, 3.05) is 0 Å². The van der Waals surface area contributed by atoms with Crippen LogP contribution in [0.2, 0.25) is 0 Å². The molecule has 4 aromatic rings. The van der Waals surface area contributed by atoms with Crippen LogP contribution in [0.25, 0.3) is 32.9 Å². The molecular formula is C18H13N2O2+. The zero-order chi connectivity index (χ0) is 15.1. The third-order valence-electron chi connectivity index (χ3n) is 3.91. The Morgan fingerprint density at radius 3 is 2.59 bits per heavy atom. The monoisotopic (exact) mass is 289 g/mol. The van der Waals surface area contributed by atoms with E-state index in [4.69, 9.17) is 0 Å². The maximum absolute atomic E-state index is 11.8. The van der Waals surface area contributed by atoms with Crippen LogP contribution in [0, 0.1) is 0 Å². The Hall–Kier alpha value is -3.14. The zero-order valence-corrected chi connectivity index (χ0v) is 11.6. The molecule has 22 heavy (non-hydrogen) atoms. The highest BCUT2D eigenvalue weighted by Gasteiger charge is 2.20. The molecule has 4 nitrogen and oxygen atoms in total. The molecule has 2 aromatic carbocycles. The van der Waals surface area contributed by atoms with Crippen LogP contribution in [0.1, 0.15) is 10.4 Å². The van der Waals surface area contributed by atoms with E-state index in [1.165, 1.54) is 0 Å². The fraction of sp³-hybridized carbons (Fsp3) is 0. The van der Waals surface area contributed by atoms with Crippen molar-refractivity contribution in [3.05, 3.63) is 66.5 Å². The second kappa shape index (κ2) is 4.70. The lowest BCUT2D eigenvalue weighted by atomic mass is 10.0. The number of pyridine rings is 1. The SMILES string of the molecule is O=C(O)c1c(-c2ccccc2)[nH]c2c1ccc1c[nH+]ccc12. The van der Waals surface area contributed by atoms with Crippen LogP contribution in [0.4, 0.5) is 0 Å². The Labute approximate surface area is 126 Å². The van der Waals surface area contributed by atoms with Gasteiger partial charge in [-0.1, -0.05) is 36.4 Å². The van der Waals surface area contributed by atoms with E-state index in [9.17, 15) is 9.90 Å². The lowest BCUT2D eigenvalue weighted by molar-refractivity contribution is -0.375. The molecule has 0 saturated carbocycles. The first-order chi connectivity index (χ1) is 10.8. The lowest BCUT2D eigenvalue weighted by Gasteiger charge is -2.00. The number of aromatic nitrogens is 2. The quantitative estimate of drug-likeness (QED) is 0.593. The second-order valence-electron chi connectivity index (χ2n) is 5.18. The molecule has 0 aliphatic rings. The van der Waals surface area contributed by atoms with Gasteiger partial charge in [0.15, 0.2) is 12.4 Å². The minimum Gasteiger partial charge on any atom is -0.478 e. The summed E-state index contributed by atoms with van der Waals surface area (Å²) in [5, 5.41) is 12.4. The highest BCUT2D eigenvalue weighted by molar-refractivity contribution is 6.16. The number of rotatable bonds is 2. The van der Waals surface area contributed by atoms with Gasteiger partial charge in [-0.05, 0) is 11.6 Å². The van der Waals surface area contributed by atoms with E-state index < -0.39 is 5.97 Å². The first-order valence-corrected chi connectivity index (χ1v) is 6.99. The summed E-state index contributed by atoms with van der Waals surface area (Å²) < 4.78 is 0. The summed E-state index contributed by atoms with van der Waals surface area (Å²) in [6, 6.07) is 15.3. The van der Waals surface area contributed by atoms with E-state index in [1.54, 1.807) is 0 Å². The summed E-state index contributed by atoms with van der Waals surface area (Å²) in [5.74, 6) is -0.924. The molecule has 0 amide bonds. The molecule has 0 aliphatic heterocycles. The molecule has 0 fully saturated rings. The van der Waals surface area contributed by atoms with Crippen molar-refractivity contribution in [3.8, 4) is 11.3 Å². The number of carboxylic acids is 1. The molecule has 0 spiro atoms. The number of benzene rings is 2. The molecule has 2 aromatic heterocycles. The van der Waals surface area contributed by atoms with Gasteiger partial charge in [-0.15, -0.1) is 0 Å². The number of aromatic carboxylic acids is 1. The Morgan fingerprint density at radius 2 is 1.82 bits per heavy atom. The maximum atomic E-state index is 11.8. The van der Waals surface area contributed by atoms with E-state index in [2.05, 4.69) is 9.97 Å². The van der Waals surface area contributed by atoms with Crippen LogP contribution in [0.3, 0.4) is 0 Å². The number of hydrogen-bond donors (Lipinski definition) is 2. The van der Waals surface area contributed by atoms with Gasteiger partial charge in [-0.3, -0.25) is 0 Å². The molecule has 0 aliphatic carbocycles. The number of nitrogens with one attached hydrogen (secondary N) is 2. The van der Waals surface area contributed by atoms with Gasteiger partial charge in [0.1, 0.15) is 0 Å². The molecular weight excluding hydrogens is 276 g/mol. The van der Waals surface area contributed by atoms with E-state index >= 15 is 0 Å². The average Bonchev–Trinajstić information content (AvgIpc) is 2.96. The van der Waals surface area contributed by atoms with Gasteiger partial charge >= 0.3 is 5.97 Å². The number of aromatic amines is 2. The van der Waals surface area contributed by atoms with Crippen molar-refractivity contribution >= 4 is 27.6 Å². The van der Waals surface area contributed by atoms with Crippen molar-refractivity contribution in [2.45, 2.75) is 0 Å². The van der Waals surface area contributed by atoms with Crippen LogP contribution >= 0.6 is 0 Å². The van der Waals surface area contributed by atoms with Crippen LogP contribution in [0.5, 0.6) is 0 Å². The number of H-pyrrole nitrogens is 2. The summed E-state index contributed by atoms with van der Waals surface area (Å²) in [7, 11) is 0. The van der Waals surface area contributed by atoms with Crippen LogP contribution in [-0.2, 0) is 0 Å².